The largest absolute Gasteiger partial charge is 0.507 e. The number of nitrogens with zero attached hydrogens (tertiary/aromatic N) is 1. The van der Waals surface area contributed by atoms with Gasteiger partial charge in [-0.25, -0.2) is 0 Å². The van der Waals surface area contributed by atoms with Crippen LogP contribution in [0.4, 0.5) is 0 Å². The highest BCUT2D eigenvalue weighted by atomic mass is 16.3. The van der Waals surface area contributed by atoms with Crippen molar-refractivity contribution < 1.29 is 5.11 Å². The molecule has 0 saturated carbocycles. The van der Waals surface area contributed by atoms with E-state index in [2.05, 4.69) is 34.1 Å². The van der Waals surface area contributed by atoms with Gasteiger partial charge in [-0.15, -0.1) is 0 Å². The highest BCUT2D eigenvalue weighted by Gasteiger charge is 2.16. The maximum atomic E-state index is 12.7. The molecule has 1 heterocycles. The first kappa shape index (κ1) is 18.0. The second-order valence-corrected chi connectivity index (χ2v) is 6.94. The zero-order valence-electron chi connectivity index (χ0n) is 15.5. The summed E-state index contributed by atoms with van der Waals surface area (Å²) in [5, 5.41) is 11.4. The second kappa shape index (κ2) is 8.11. The van der Waals surface area contributed by atoms with E-state index in [1.54, 1.807) is 6.07 Å². The number of hydrogen-bond donors (Lipinski definition) is 2. The smallest absolute Gasteiger partial charge is 0.256 e. The van der Waals surface area contributed by atoms with E-state index in [9.17, 15) is 9.90 Å². The van der Waals surface area contributed by atoms with Crippen LogP contribution in [0, 0.1) is 0 Å². The summed E-state index contributed by atoms with van der Waals surface area (Å²) in [5.41, 5.74) is 3.12. The second-order valence-electron chi connectivity index (χ2n) is 6.94. The summed E-state index contributed by atoms with van der Waals surface area (Å²) < 4.78 is 0. The van der Waals surface area contributed by atoms with E-state index in [1.807, 2.05) is 54.6 Å². The third-order valence-electron chi connectivity index (χ3n) is 4.87. The fraction of sp³-hybridized carbons (Fsp3) is 0.125. The Morgan fingerprint density at radius 1 is 0.714 bits per heavy atom. The Morgan fingerprint density at radius 2 is 1.25 bits per heavy atom. The van der Waals surface area contributed by atoms with Crippen molar-refractivity contribution in [2.75, 3.05) is 0 Å². The zero-order chi connectivity index (χ0) is 19.3. The monoisotopic (exact) mass is 370 g/mol. The molecule has 4 heteroatoms. The van der Waals surface area contributed by atoms with Gasteiger partial charge in [-0.1, -0.05) is 72.8 Å². The third-order valence-corrected chi connectivity index (χ3v) is 4.87. The number of para-hydroxylation sites is 1. The summed E-state index contributed by atoms with van der Waals surface area (Å²) in [6, 6.07) is 27.6. The number of fused-ring (bicyclic) bond motifs is 1. The first-order chi connectivity index (χ1) is 13.7. The SMILES string of the molecule is O=c1[nH]c2ccccc2c(O)c1CN(Cc1ccccc1)Cc1ccccc1. The first-order valence-corrected chi connectivity index (χ1v) is 9.34. The molecule has 1 aromatic heterocycles. The van der Waals surface area contributed by atoms with Crippen LogP contribution in [-0.2, 0) is 19.6 Å². The lowest BCUT2D eigenvalue weighted by molar-refractivity contribution is 0.243. The molecule has 4 aromatic rings. The van der Waals surface area contributed by atoms with Crippen molar-refractivity contribution >= 4 is 10.9 Å². The summed E-state index contributed by atoms with van der Waals surface area (Å²) in [4.78, 5) is 17.7. The fourth-order valence-corrected chi connectivity index (χ4v) is 3.49. The lowest BCUT2D eigenvalue weighted by Gasteiger charge is -2.23. The van der Waals surface area contributed by atoms with Gasteiger partial charge in [-0.2, -0.15) is 0 Å². The van der Waals surface area contributed by atoms with Crippen LogP contribution < -0.4 is 5.56 Å². The Morgan fingerprint density at radius 3 is 1.86 bits per heavy atom. The minimum Gasteiger partial charge on any atom is -0.507 e. The van der Waals surface area contributed by atoms with Gasteiger partial charge in [-0.3, -0.25) is 9.69 Å². The number of aromatic amines is 1. The maximum Gasteiger partial charge on any atom is 0.256 e. The van der Waals surface area contributed by atoms with Crippen molar-refractivity contribution in [2.24, 2.45) is 0 Å². The average molecular weight is 370 g/mol. The molecule has 0 aliphatic heterocycles. The molecule has 2 N–H and O–H groups in total. The molecule has 0 aliphatic rings. The summed E-state index contributed by atoms with van der Waals surface area (Å²) in [6.45, 7) is 1.72. The van der Waals surface area contributed by atoms with E-state index in [4.69, 9.17) is 0 Å². The number of benzene rings is 3. The third kappa shape index (κ3) is 3.97. The summed E-state index contributed by atoms with van der Waals surface area (Å²) in [7, 11) is 0. The van der Waals surface area contributed by atoms with E-state index in [0.29, 0.717) is 36.1 Å². The molecule has 0 fully saturated rings. The van der Waals surface area contributed by atoms with E-state index < -0.39 is 0 Å². The highest BCUT2D eigenvalue weighted by molar-refractivity contribution is 5.85. The van der Waals surface area contributed by atoms with E-state index in [0.717, 1.165) is 11.1 Å². The van der Waals surface area contributed by atoms with Gasteiger partial charge in [-0.05, 0) is 23.3 Å². The standard InChI is InChI=1S/C24H22N2O2/c27-23-20-13-7-8-14-22(20)25-24(28)21(23)17-26(15-18-9-3-1-4-10-18)16-19-11-5-2-6-12-19/h1-14H,15-17H2,(H2,25,27,28). The molecule has 0 radical (unpaired) electrons. The lowest BCUT2D eigenvalue weighted by atomic mass is 10.1. The number of nitrogens with one attached hydrogen (secondary N) is 1. The van der Waals surface area contributed by atoms with Crippen molar-refractivity contribution in [3.8, 4) is 5.75 Å². The molecule has 0 amide bonds. The molecule has 140 valence electrons. The van der Waals surface area contributed by atoms with Crippen LogP contribution >= 0.6 is 0 Å². The normalized spacial score (nSPS) is 11.2. The van der Waals surface area contributed by atoms with Crippen LogP contribution in [0.5, 0.6) is 5.75 Å². The molecule has 3 aromatic carbocycles. The van der Waals surface area contributed by atoms with Crippen LogP contribution in [-0.4, -0.2) is 15.0 Å². The van der Waals surface area contributed by atoms with Crippen LogP contribution in [0.2, 0.25) is 0 Å². The van der Waals surface area contributed by atoms with E-state index in [1.165, 1.54) is 0 Å². The van der Waals surface area contributed by atoms with E-state index in [-0.39, 0.29) is 11.3 Å². The topological polar surface area (TPSA) is 56.3 Å². The Hall–Kier alpha value is -3.37. The Kier molecular flexibility index (Phi) is 5.22. The van der Waals surface area contributed by atoms with Gasteiger partial charge in [0.1, 0.15) is 5.75 Å². The number of hydrogen-bond acceptors (Lipinski definition) is 3. The molecule has 0 saturated heterocycles. The van der Waals surface area contributed by atoms with Crippen molar-refractivity contribution in [2.45, 2.75) is 19.6 Å². The lowest BCUT2D eigenvalue weighted by Crippen LogP contribution is -2.26. The highest BCUT2D eigenvalue weighted by Crippen LogP contribution is 2.26. The Bertz CT molecular complexity index is 1080. The molecule has 0 aliphatic carbocycles. The van der Waals surface area contributed by atoms with Crippen molar-refractivity contribution in [3.63, 3.8) is 0 Å². The van der Waals surface area contributed by atoms with Gasteiger partial charge in [0.2, 0.25) is 0 Å². The average Bonchev–Trinajstić information content (AvgIpc) is 2.72. The summed E-state index contributed by atoms with van der Waals surface area (Å²) in [6.07, 6.45) is 0. The number of pyridine rings is 1. The van der Waals surface area contributed by atoms with E-state index >= 15 is 0 Å². The molecular weight excluding hydrogens is 348 g/mol. The molecule has 0 bridgehead atoms. The van der Waals surface area contributed by atoms with Crippen LogP contribution in [0.3, 0.4) is 0 Å². The number of H-pyrrole nitrogens is 1. The Balaban J connectivity index is 1.69. The number of aromatic hydroxyl groups is 1. The zero-order valence-corrected chi connectivity index (χ0v) is 15.5. The molecule has 0 unspecified atom stereocenters. The van der Waals surface area contributed by atoms with Crippen molar-refractivity contribution in [1.29, 1.82) is 0 Å². The van der Waals surface area contributed by atoms with Crippen LogP contribution in [0.1, 0.15) is 16.7 Å². The predicted molar refractivity (Wildman–Crippen MR) is 112 cm³/mol. The maximum absolute atomic E-state index is 12.7. The first-order valence-electron chi connectivity index (χ1n) is 9.34. The summed E-state index contributed by atoms with van der Waals surface area (Å²) in [5.74, 6) is 0.0606. The van der Waals surface area contributed by atoms with Crippen molar-refractivity contribution in [3.05, 3.63) is 112 Å². The molecule has 4 nitrogen and oxygen atoms in total. The summed E-state index contributed by atoms with van der Waals surface area (Å²) >= 11 is 0. The number of rotatable bonds is 6. The molecular formula is C24H22N2O2. The molecule has 0 spiro atoms. The van der Waals surface area contributed by atoms with Gasteiger partial charge >= 0.3 is 0 Å². The fourth-order valence-electron chi connectivity index (χ4n) is 3.49. The predicted octanol–water partition coefficient (Wildman–Crippen LogP) is 4.44. The van der Waals surface area contributed by atoms with Gasteiger partial charge in [0, 0.05) is 25.0 Å². The van der Waals surface area contributed by atoms with Gasteiger partial charge in [0.15, 0.2) is 0 Å². The number of aromatic nitrogens is 1. The van der Waals surface area contributed by atoms with Crippen LogP contribution in [0.25, 0.3) is 10.9 Å². The van der Waals surface area contributed by atoms with Crippen LogP contribution in [0.15, 0.2) is 89.7 Å². The minimum absolute atomic E-state index is 0.0606. The van der Waals surface area contributed by atoms with Gasteiger partial charge in [0.05, 0.1) is 11.1 Å². The minimum atomic E-state index is -0.248. The van der Waals surface area contributed by atoms with Gasteiger partial charge < -0.3 is 10.1 Å². The molecule has 28 heavy (non-hydrogen) atoms. The molecule has 0 atom stereocenters. The Labute approximate surface area is 163 Å². The molecule has 4 rings (SSSR count). The van der Waals surface area contributed by atoms with Gasteiger partial charge in [0.25, 0.3) is 5.56 Å². The van der Waals surface area contributed by atoms with Crippen molar-refractivity contribution in [1.82, 2.24) is 9.88 Å². The quantitative estimate of drug-likeness (QED) is 0.528.